The van der Waals surface area contributed by atoms with Crippen LogP contribution in [-0.4, -0.2) is 269 Å². The highest BCUT2D eigenvalue weighted by molar-refractivity contribution is 6.01. The molecule has 670 valence electrons. The van der Waals surface area contributed by atoms with Crippen LogP contribution in [0.25, 0.3) is 0 Å². The van der Waals surface area contributed by atoms with Crippen molar-refractivity contribution in [2.24, 2.45) is 40.5 Å². The SMILES string of the molecule is CC[C@H](C)[C@@H]1NC(=O)[C@H](CCCNC(=N)N)NC(=O)[C@H](CCCNC(=N)N)NC(=O)[C@H](CCCCN)NC(=O)CNC(=O)[C@H](CCCNC(=N)N)NC(=O)[C@H]([C@@H](C)O)NC(=O)CNC(=O)[C@H](CCCNC(=N)N)NC(=O)[C@H](Cc2ccc(O)cc2)NC(=O)[C@@H]2CCCN2C(=O)[C@H]2CCCN2C(=O)[C@H](C(C)C)NC(=O)[C@H](Cc2ccc(O)cc2)NC1=O. The number of hydrogen-bond acceptors (Lipinski definition) is 22. The number of carbonyl (C=O) groups is 14. The van der Waals surface area contributed by atoms with Gasteiger partial charge in [0.1, 0.15) is 84.0 Å². The van der Waals surface area contributed by atoms with Gasteiger partial charge in [-0.3, -0.25) is 88.8 Å². The van der Waals surface area contributed by atoms with Gasteiger partial charge in [0.15, 0.2) is 23.8 Å². The standard InChI is InChI=1S/C77H125N27O17/c1-6-42(4)60-70(118)99-54(38-45-24-28-47(107)29-25-45)68(116)101-59(41(2)3)73(121)104-36-14-21-56(104)72(120)103-35-13-20-55(103)69(117)98-53(37-44-22-26-46(106)27-23-44)67(115)94-48(16-9-31-87-74(79)80)62(110)92-40-58(109)100-61(43(5)105)71(119)97-49(17-10-32-88-75(81)82)63(111)91-39-57(108)93-50(15-7-8-30-78)64(112)95-51(18-11-33-89-76(83)84)65(113)96-52(66(114)102-60)19-12-34-90-77(85)86/h22-29,41-43,48-56,59-61,105-107H,6-21,30-40,78H2,1-5H3,(H,91,111)(H,92,110)(H,93,108)(H,94,115)(H,95,112)(H,96,113)(H,97,119)(H,98,117)(H,99,118)(H,100,109)(H,101,116)(H,102,114)(H4,79,80,87)(H4,81,82,88)(H4,83,84,89)(H4,85,86,90)/t42-,43+,48-,49-,50-,51-,52-,53-,54-,55-,56+,59-,60-,61-/m0/s1. The lowest BCUT2D eigenvalue weighted by Crippen LogP contribution is -2.62. The smallest absolute Gasteiger partial charge is 0.246 e. The summed E-state index contributed by atoms with van der Waals surface area (Å²) in [6.07, 6.45) is -1.27. The maximum Gasteiger partial charge on any atom is 0.246 e. The van der Waals surface area contributed by atoms with Crippen molar-refractivity contribution in [2.75, 3.05) is 58.9 Å². The van der Waals surface area contributed by atoms with E-state index in [2.05, 4.69) is 85.1 Å². The molecule has 44 heteroatoms. The van der Waals surface area contributed by atoms with Gasteiger partial charge in [0.25, 0.3) is 0 Å². The van der Waals surface area contributed by atoms with E-state index in [-0.39, 0.29) is 154 Å². The van der Waals surface area contributed by atoms with Crippen LogP contribution in [0.1, 0.15) is 148 Å². The number of fused-ring (bicyclic) bond motifs is 2. The number of carbonyl (C=O) groups excluding carboxylic acids is 14. The number of amides is 14. The first-order valence-electron chi connectivity index (χ1n) is 40.9. The minimum Gasteiger partial charge on any atom is -0.508 e. The molecular formula is C77H125N27O17. The number of aliphatic hydroxyl groups is 1. The Bertz CT molecular complexity index is 3910. The third-order valence-corrected chi connectivity index (χ3v) is 20.7. The van der Waals surface area contributed by atoms with E-state index in [1.54, 1.807) is 27.7 Å². The first kappa shape index (κ1) is 99.2. The number of benzene rings is 2. The fourth-order valence-electron chi connectivity index (χ4n) is 13.9. The number of nitrogens with two attached hydrogens (primary N) is 5. The number of nitrogens with zero attached hydrogens (tertiary/aromatic N) is 2. The fraction of sp³-hybridized carbons (Fsp3) is 0.610. The van der Waals surface area contributed by atoms with E-state index in [4.69, 9.17) is 50.3 Å². The van der Waals surface area contributed by atoms with E-state index < -0.39 is 210 Å². The molecule has 3 heterocycles. The van der Waals surface area contributed by atoms with Crippen LogP contribution >= 0.6 is 0 Å². The third-order valence-electron chi connectivity index (χ3n) is 20.7. The lowest BCUT2D eigenvalue weighted by atomic mass is 9.96. The monoisotopic (exact) mass is 1700 g/mol. The van der Waals surface area contributed by atoms with E-state index in [1.807, 2.05) is 0 Å². The molecule has 33 N–H and O–H groups in total. The first-order valence-corrected chi connectivity index (χ1v) is 40.9. The van der Waals surface area contributed by atoms with Crippen LogP contribution in [0.15, 0.2) is 48.5 Å². The normalized spacial score (nSPS) is 24.2. The lowest BCUT2D eigenvalue weighted by molar-refractivity contribution is -0.148. The quantitative estimate of drug-likeness (QED) is 0.0214. The van der Waals surface area contributed by atoms with Gasteiger partial charge in [-0.15, -0.1) is 0 Å². The van der Waals surface area contributed by atoms with Crippen LogP contribution < -0.4 is 114 Å². The number of aromatic hydroxyl groups is 2. The Balaban J connectivity index is 1.62. The summed E-state index contributed by atoms with van der Waals surface area (Å²) in [5.74, 6) is -16.1. The molecule has 0 aliphatic carbocycles. The highest BCUT2D eigenvalue weighted by Crippen LogP contribution is 2.28. The van der Waals surface area contributed by atoms with Crippen molar-refractivity contribution < 1.29 is 82.4 Å². The summed E-state index contributed by atoms with van der Waals surface area (Å²) >= 11 is 0. The Morgan fingerprint density at radius 3 is 1.17 bits per heavy atom. The maximum atomic E-state index is 15.2. The Kier molecular flexibility index (Phi) is 41.4. The summed E-state index contributed by atoms with van der Waals surface area (Å²) in [6, 6.07) is -6.33. The molecule has 3 fully saturated rings. The predicted octanol–water partition coefficient (Wildman–Crippen LogP) is -6.78. The molecule has 0 spiro atoms. The van der Waals surface area contributed by atoms with Gasteiger partial charge >= 0.3 is 0 Å². The average molecular weight is 1700 g/mol. The van der Waals surface area contributed by atoms with Crippen molar-refractivity contribution >= 4 is 107 Å². The Hall–Kier alpha value is -12.4. The van der Waals surface area contributed by atoms with E-state index in [1.165, 1.54) is 58.3 Å². The number of nitrogens with one attached hydrogen (secondary N) is 20. The fourth-order valence-corrected chi connectivity index (χ4v) is 13.9. The molecule has 0 bridgehead atoms. The van der Waals surface area contributed by atoms with Crippen LogP contribution in [0.4, 0.5) is 0 Å². The van der Waals surface area contributed by atoms with E-state index >= 15 is 19.2 Å². The van der Waals surface area contributed by atoms with Gasteiger partial charge in [0.05, 0.1) is 19.2 Å². The van der Waals surface area contributed by atoms with E-state index in [9.17, 15) is 63.3 Å². The number of aliphatic hydroxyl groups excluding tert-OH is 1. The van der Waals surface area contributed by atoms with Crippen LogP contribution in [-0.2, 0) is 80.0 Å². The molecule has 3 aliphatic rings. The Labute approximate surface area is 702 Å². The van der Waals surface area contributed by atoms with Gasteiger partial charge in [-0.25, -0.2) is 0 Å². The molecule has 14 amide bonds. The maximum absolute atomic E-state index is 15.2. The molecule has 3 saturated heterocycles. The molecule has 2 aromatic rings. The van der Waals surface area contributed by atoms with Crippen molar-refractivity contribution in [1.82, 2.24) is 94.9 Å². The molecule has 2 aromatic carbocycles. The number of rotatable bonds is 28. The zero-order chi connectivity index (χ0) is 89.6. The minimum atomic E-state index is -1.84. The number of phenols is 2. The van der Waals surface area contributed by atoms with E-state index in [0.717, 1.165) is 6.92 Å². The number of unbranched alkanes of at least 4 members (excludes halogenated alkanes) is 1. The zero-order valence-corrected chi connectivity index (χ0v) is 69.2. The summed E-state index contributed by atoms with van der Waals surface area (Å²) in [4.78, 5) is 208. The number of phenolic OH excluding ortho intramolecular Hbond substituents is 2. The predicted molar refractivity (Wildman–Crippen MR) is 444 cm³/mol. The number of hydrogen-bond donors (Lipinski definition) is 28. The highest BCUT2D eigenvalue weighted by atomic mass is 16.3. The molecule has 5 rings (SSSR count). The molecular weight excluding hydrogens is 1580 g/mol. The summed E-state index contributed by atoms with van der Waals surface area (Å²) in [5.41, 5.74) is 28.9. The van der Waals surface area contributed by atoms with Crippen LogP contribution in [0, 0.1) is 33.5 Å². The summed E-state index contributed by atoms with van der Waals surface area (Å²) in [6.45, 7) is 6.28. The zero-order valence-electron chi connectivity index (χ0n) is 69.2. The molecule has 0 aromatic heterocycles. The topological polar surface area (TPSA) is 724 Å². The van der Waals surface area contributed by atoms with Gasteiger partial charge in [-0.2, -0.15) is 0 Å². The molecule has 14 atom stereocenters. The molecule has 0 radical (unpaired) electrons. The van der Waals surface area contributed by atoms with E-state index in [0.29, 0.717) is 30.4 Å². The van der Waals surface area contributed by atoms with Gasteiger partial charge in [-0.05, 0) is 157 Å². The largest absolute Gasteiger partial charge is 0.508 e. The lowest BCUT2D eigenvalue weighted by Gasteiger charge is -2.34. The Morgan fingerprint density at radius 1 is 0.413 bits per heavy atom. The molecule has 44 nitrogen and oxygen atoms in total. The van der Waals surface area contributed by atoms with Crippen molar-refractivity contribution in [2.45, 2.75) is 229 Å². The van der Waals surface area contributed by atoms with Gasteiger partial charge in [0.2, 0.25) is 82.7 Å². The first-order chi connectivity index (χ1) is 57.4. The van der Waals surface area contributed by atoms with Crippen molar-refractivity contribution in [3.8, 4) is 11.5 Å². The summed E-state index contributed by atoms with van der Waals surface area (Å²) in [5, 5.41) is 104. The van der Waals surface area contributed by atoms with Gasteiger partial charge in [0, 0.05) is 52.1 Å². The second kappa shape index (κ2) is 50.5. The van der Waals surface area contributed by atoms with Crippen molar-refractivity contribution in [3.05, 3.63) is 59.7 Å². The van der Waals surface area contributed by atoms with Crippen molar-refractivity contribution in [1.29, 1.82) is 21.6 Å². The highest BCUT2D eigenvalue weighted by Gasteiger charge is 2.46. The molecule has 0 saturated carbocycles. The summed E-state index contributed by atoms with van der Waals surface area (Å²) < 4.78 is 0. The van der Waals surface area contributed by atoms with Gasteiger partial charge in [-0.1, -0.05) is 58.4 Å². The van der Waals surface area contributed by atoms with Crippen molar-refractivity contribution in [3.63, 3.8) is 0 Å². The second-order valence-electron chi connectivity index (χ2n) is 30.6. The average Bonchev–Trinajstić information content (AvgIpc) is 1.71. The molecule has 3 aliphatic heterocycles. The summed E-state index contributed by atoms with van der Waals surface area (Å²) in [7, 11) is 0. The third kappa shape index (κ3) is 33.7. The molecule has 0 unspecified atom stereocenters. The Morgan fingerprint density at radius 2 is 0.752 bits per heavy atom. The van der Waals surface area contributed by atoms with Crippen LogP contribution in [0.3, 0.4) is 0 Å². The number of guanidine groups is 4. The van der Waals surface area contributed by atoms with Crippen LogP contribution in [0.5, 0.6) is 11.5 Å². The van der Waals surface area contributed by atoms with Gasteiger partial charge < -0.3 is 139 Å². The second-order valence-corrected chi connectivity index (χ2v) is 30.6. The molecule has 121 heavy (non-hydrogen) atoms. The minimum absolute atomic E-state index is 0.00242. The van der Waals surface area contributed by atoms with Crippen LogP contribution in [0.2, 0.25) is 0 Å².